The molecule has 0 unspecified atom stereocenters. The average Bonchev–Trinajstić information content (AvgIpc) is 2.40. The lowest BCUT2D eigenvalue weighted by Gasteiger charge is -2.02. The predicted molar refractivity (Wildman–Crippen MR) is 86.3 cm³/mol. The summed E-state index contributed by atoms with van der Waals surface area (Å²) in [6.45, 7) is 1.94. The van der Waals surface area contributed by atoms with Gasteiger partial charge in [0, 0.05) is 14.5 Å². The number of carbonyl (C=O) groups is 1. The zero-order valence-corrected chi connectivity index (χ0v) is 13.5. The molecular formula is C16H12Br2O. The van der Waals surface area contributed by atoms with Gasteiger partial charge in [-0.2, -0.15) is 0 Å². The van der Waals surface area contributed by atoms with Crippen LogP contribution in [0.4, 0.5) is 0 Å². The van der Waals surface area contributed by atoms with Crippen LogP contribution in [0.25, 0.3) is 5.57 Å². The molecule has 0 aliphatic heterocycles. The summed E-state index contributed by atoms with van der Waals surface area (Å²) in [5, 5.41) is 0. The zero-order valence-electron chi connectivity index (χ0n) is 10.4. The van der Waals surface area contributed by atoms with Crippen LogP contribution in [0.3, 0.4) is 0 Å². The normalized spacial score (nSPS) is 11.4. The molecule has 2 rings (SSSR count). The van der Waals surface area contributed by atoms with Gasteiger partial charge in [-0.3, -0.25) is 4.79 Å². The quantitative estimate of drug-likeness (QED) is 0.508. The van der Waals surface area contributed by atoms with Crippen LogP contribution < -0.4 is 0 Å². The summed E-state index contributed by atoms with van der Waals surface area (Å²) in [7, 11) is 0. The van der Waals surface area contributed by atoms with Crippen LogP contribution in [-0.2, 0) is 0 Å². The number of ketones is 1. The highest BCUT2D eigenvalue weighted by atomic mass is 79.9. The molecule has 0 aliphatic rings. The third kappa shape index (κ3) is 3.88. The molecule has 0 aliphatic carbocycles. The van der Waals surface area contributed by atoms with Crippen LogP contribution in [0.2, 0.25) is 0 Å². The van der Waals surface area contributed by atoms with E-state index in [1.165, 1.54) is 0 Å². The Balaban J connectivity index is 2.22. The van der Waals surface area contributed by atoms with Gasteiger partial charge < -0.3 is 0 Å². The number of hydrogen-bond acceptors (Lipinski definition) is 1. The zero-order chi connectivity index (χ0) is 13.8. The molecule has 0 atom stereocenters. The molecule has 2 aromatic carbocycles. The molecule has 3 heteroatoms. The standard InChI is InChI=1S/C16H12Br2O/c1-11(12-2-6-14(17)7-3-12)10-16(19)13-4-8-15(18)9-5-13/h2-10H,1H3/b11-10+. The Labute approximate surface area is 129 Å². The fourth-order valence-corrected chi connectivity index (χ4v) is 2.22. The first-order valence-corrected chi connectivity index (χ1v) is 7.39. The van der Waals surface area contributed by atoms with Crippen molar-refractivity contribution in [2.75, 3.05) is 0 Å². The Morgan fingerprint density at radius 2 is 1.26 bits per heavy atom. The molecule has 0 heterocycles. The summed E-state index contributed by atoms with van der Waals surface area (Å²) >= 11 is 6.76. The van der Waals surface area contributed by atoms with Gasteiger partial charge in [-0.05, 0) is 60.5 Å². The highest BCUT2D eigenvalue weighted by Gasteiger charge is 2.04. The van der Waals surface area contributed by atoms with Crippen molar-refractivity contribution in [1.82, 2.24) is 0 Å². The Morgan fingerprint density at radius 3 is 1.74 bits per heavy atom. The lowest BCUT2D eigenvalue weighted by molar-refractivity contribution is 0.104. The summed E-state index contributed by atoms with van der Waals surface area (Å²) in [6, 6.07) is 15.3. The Kier molecular flexibility index (Phi) is 4.72. The summed E-state index contributed by atoms with van der Waals surface area (Å²) in [5.41, 5.74) is 2.70. The van der Waals surface area contributed by atoms with Gasteiger partial charge in [0.05, 0.1) is 0 Å². The molecule has 19 heavy (non-hydrogen) atoms. The molecule has 0 saturated carbocycles. The smallest absolute Gasteiger partial charge is 0.186 e. The molecule has 0 spiro atoms. The summed E-state index contributed by atoms with van der Waals surface area (Å²) in [6.07, 6.45) is 1.67. The van der Waals surface area contributed by atoms with Crippen LogP contribution in [0.1, 0.15) is 22.8 Å². The van der Waals surface area contributed by atoms with Gasteiger partial charge in [0.15, 0.2) is 5.78 Å². The molecule has 96 valence electrons. The SMILES string of the molecule is C/C(=C\C(=O)c1ccc(Br)cc1)c1ccc(Br)cc1. The Hall–Kier alpha value is -1.19. The van der Waals surface area contributed by atoms with Crippen molar-refractivity contribution >= 4 is 43.2 Å². The van der Waals surface area contributed by atoms with E-state index in [0.29, 0.717) is 5.56 Å². The van der Waals surface area contributed by atoms with Crippen molar-refractivity contribution in [2.24, 2.45) is 0 Å². The summed E-state index contributed by atoms with van der Waals surface area (Å²) in [5.74, 6) is 0.0212. The predicted octanol–water partition coefficient (Wildman–Crippen LogP) is 5.50. The number of rotatable bonds is 3. The van der Waals surface area contributed by atoms with E-state index in [0.717, 1.165) is 20.1 Å². The van der Waals surface area contributed by atoms with E-state index in [2.05, 4.69) is 31.9 Å². The lowest BCUT2D eigenvalue weighted by atomic mass is 10.0. The fourth-order valence-electron chi connectivity index (χ4n) is 1.69. The van der Waals surface area contributed by atoms with Crippen molar-refractivity contribution in [3.63, 3.8) is 0 Å². The number of halogens is 2. The number of hydrogen-bond donors (Lipinski definition) is 0. The third-order valence-electron chi connectivity index (χ3n) is 2.78. The molecule has 0 radical (unpaired) electrons. The van der Waals surface area contributed by atoms with Gasteiger partial charge in [0.1, 0.15) is 0 Å². The first-order valence-electron chi connectivity index (χ1n) is 5.80. The number of carbonyl (C=O) groups excluding carboxylic acids is 1. The van der Waals surface area contributed by atoms with Gasteiger partial charge >= 0.3 is 0 Å². The second-order valence-corrected chi connectivity index (χ2v) is 6.04. The van der Waals surface area contributed by atoms with Crippen molar-refractivity contribution in [3.05, 3.63) is 74.7 Å². The molecule has 0 bridgehead atoms. The molecule has 0 saturated heterocycles. The van der Waals surface area contributed by atoms with E-state index in [9.17, 15) is 4.79 Å². The van der Waals surface area contributed by atoms with E-state index in [4.69, 9.17) is 0 Å². The molecule has 0 amide bonds. The average molecular weight is 380 g/mol. The lowest BCUT2D eigenvalue weighted by Crippen LogP contribution is -1.95. The van der Waals surface area contributed by atoms with Crippen molar-refractivity contribution in [3.8, 4) is 0 Å². The second kappa shape index (κ2) is 6.31. The topological polar surface area (TPSA) is 17.1 Å². The van der Waals surface area contributed by atoms with Crippen LogP contribution in [0, 0.1) is 0 Å². The minimum absolute atomic E-state index is 0.0212. The van der Waals surface area contributed by atoms with Crippen LogP contribution in [-0.4, -0.2) is 5.78 Å². The van der Waals surface area contributed by atoms with Crippen LogP contribution >= 0.6 is 31.9 Å². The maximum absolute atomic E-state index is 12.1. The van der Waals surface area contributed by atoms with Gasteiger partial charge in [-0.1, -0.05) is 44.0 Å². The maximum atomic E-state index is 12.1. The first kappa shape index (κ1) is 14.2. The van der Waals surface area contributed by atoms with Gasteiger partial charge in [0.25, 0.3) is 0 Å². The van der Waals surface area contributed by atoms with Gasteiger partial charge in [-0.15, -0.1) is 0 Å². The summed E-state index contributed by atoms with van der Waals surface area (Å²) in [4.78, 5) is 12.1. The van der Waals surface area contributed by atoms with Crippen molar-refractivity contribution < 1.29 is 4.79 Å². The van der Waals surface area contributed by atoms with E-state index >= 15 is 0 Å². The molecule has 1 nitrogen and oxygen atoms in total. The fraction of sp³-hybridized carbons (Fsp3) is 0.0625. The van der Waals surface area contributed by atoms with Gasteiger partial charge in [0.2, 0.25) is 0 Å². The largest absolute Gasteiger partial charge is 0.289 e. The van der Waals surface area contributed by atoms with E-state index in [1.54, 1.807) is 6.08 Å². The molecule has 0 aromatic heterocycles. The monoisotopic (exact) mass is 378 g/mol. The summed E-state index contributed by atoms with van der Waals surface area (Å²) < 4.78 is 2.00. The number of benzene rings is 2. The van der Waals surface area contributed by atoms with E-state index in [-0.39, 0.29) is 5.78 Å². The Bertz CT molecular complexity index is 610. The minimum Gasteiger partial charge on any atom is -0.289 e. The third-order valence-corrected chi connectivity index (χ3v) is 3.83. The molecular weight excluding hydrogens is 368 g/mol. The molecule has 0 fully saturated rings. The van der Waals surface area contributed by atoms with Crippen LogP contribution in [0.5, 0.6) is 0 Å². The first-order chi connectivity index (χ1) is 9.06. The van der Waals surface area contributed by atoms with E-state index in [1.807, 2.05) is 55.5 Å². The maximum Gasteiger partial charge on any atom is 0.186 e. The van der Waals surface area contributed by atoms with E-state index < -0.39 is 0 Å². The van der Waals surface area contributed by atoms with Crippen molar-refractivity contribution in [1.29, 1.82) is 0 Å². The highest BCUT2D eigenvalue weighted by molar-refractivity contribution is 9.10. The van der Waals surface area contributed by atoms with Gasteiger partial charge in [-0.25, -0.2) is 0 Å². The van der Waals surface area contributed by atoms with Crippen LogP contribution in [0.15, 0.2) is 63.6 Å². The van der Waals surface area contributed by atoms with Crippen molar-refractivity contribution in [2.45, 2.75) is 6.92 Å². The highest BCUT2D eigenvalue weighted by Crippen LogP contribution is 2.19. The minimum atomic E-state index is 0.0212. The molecule has 0 N–H and O–H groups in total. The number of allylic oxidation sites excluding steroid dienone is 2. The second-order valence-electron chi connectivity index (χ2n) is 4.21. The Morgan fingerprint density at radius 1 is 0.842 bits per heavy atom. The molecule has 2 aromatic rings.